The van der Waals surface area contributed by atoms with Crippen LogP contribution in [0.15, 0.2) is 36.9 Å². The number of benzene rings is 1. The summed E-state index contributed by atoms with van der Waals surface area (Å²) in [5.74, 6) is -0.694. The van der Waals surface area contributed by atoms with Crippen LogP contribution in [-0.4, -0.2) is 29.4 Å². The lowest BCUT2D eigenvalue weighted by atomic mass is 9.90. The van der Waals surface area contributed by atoms with Gasteiger partial charge in [-0.05, 0) is 54.0 Å². The maximum absolute atomic E-state index is 13.5. The largest absolute Gasteiger partial charge is 0.510 e. The SMILES string of the molecule is C=CCCC1(OC(=O)OC(C)(C)C)C(=O)N(C(=O)OC(C)(C)C)c2ccccc21. The van der Waals surface area contributed by atoms with Gasteiger partial charge in [-0.3, -0.25) is 4.79 Å². The number of fused-ring (bicyclic) bond motifs is 1. The fraction of sp³-hybridized carbons (Fsp3) is 0.500. The maximum Gasteiger partial charge on any atom is 0.510 e. The summed E-state index contributed by atoms with van der Waals surface area (Å²) in [5, 5.41) is 0. The zero-order valence-corrected chi connectivity index (χ0v) is 17.9. The van der Waals surface area contributed by atoms with Crippen molar-refractivity contribution in [2.75, 3.05) is 4.90 Å². The molecule has 2 rings (SSSR count). The number of amides is 2. The van der Waals surface area contributed by atoms with Gasteiger partial charge in [0.05, 0.1) is 5.69 Å². The van der Waals surface area contributed by atoms with Crippen LogP contribution in [0.5, 0.6) is 0 Å². The van der Waals surface area contributed by atoms with E-state index in [0.29, 0.717) is 17.7 Å². The van der Waals surface area contributed by atoms with Gasteiger partial charge in [0, 0.05) is 12.0 Å². The minimum absolute atomic E-state index is 0.116. The van der Waals surface area contributed by atoms with Crippen molar-refractivity contribution >= 4 is 23.8 Å². The van der Waals surface area contributed by atoms with Crippen molar-refractivity contribution in [2.45, 2.75) is 71.2 Å². The van der Waals surface area contributed by atoms with E-state index in [4.69, 9.17) is 14.2 Å². The van der Waals surface area contributed by atoms with Crippen molar-refractivity contribution in [1.29, 1.82) is 0 Å². The summed E-state index contributed by atoms with van der Waals surface area (Å²) in [5.41, 5.74) is -2.58. The highest BCUT2D eigenvalue weighted by molar-refractivity contribution is 6.20. The first-order valence-electron chi connectivity index (χ1n) is 9.51. The molecule has 1 heterocycles. The number of ether oxygens (including phenoxy) is 3. The number of nitrogens with zero attached hydrogens (tertiary/aromatic N) is 1. The molecule has 1 aromatic rings. The highest BCUT2D eigenvalue weighted by Gasteiger charge is 2.57. The summed E-state index contributed by atoms with van der Waals surface area (Å²) in [6.45, 7) is 13.9. The topological polar surface area (TPSA) is 82.1 Å². The lowest BCUT2D eigenvalue weighted by molar-refractivity contribution is -0.142. The molecule has 0 fully saturated rings. The maximum atomic E-state index is 13.5. The van der Waals surface area contributed by atoms with Gasteiger partial charge in [-0.15, -0.1) is 6.58 Å². The second-order valence-electron chi connectivity index (χ2n) is 8.86. The number of hydrogen-bond donors (Lipinski definition) is 0. The lowest BCUT2D eigenvalue weighted by Crippen LogP contribution is -2.47. The Balaban J connectivity index is 2.52. The van der Waals surface area contributed by atoms with Gasteiger partial charge in [-0.2, -0.15) is 0 Å². The zero-order valence-electron chi connectivity index (χ0n) is 17.9. The monoisotopic (exact) mass is 403 g/mol. The Morgan fingerprint density at radius 2 is 1.66 bits per heavy atom. The smallest absolute Gasteiger partial charge is 0.443 e. The Morgan fingerprint density at radius 3 is 2.21 bits per heavy atom. The Labute approximate surface area is 171 Å². The van der Waals surface area contributed by atoms with Crippen molar-refractivity contribution in [3.63, 3.8) is 0 Å². The molecular formula is C22H29NO6. The molecule has 0 saturated heterocycles. The molecule has 158 valence electrons. The van der Waals surface area contributed by atoms with Crippen LogP contribution < -0.4 is 4.90 Å². The van der Waals surface area contributed by atoms with Crippen LogP contribution in [0.2, 0.25) is 0 Å². The molecule has 1 aliphatic rings. The number of rotatable bonds is 4. The summed E-state index contributed by atoms with van der Waals surface area (Å²) >= 11 is 0. The van der Waals surface area contributed by atoms with Crippen LogP contribution in [0.1, 0.15) is 59.9 Å². The van der Waals surface area contributed by atoms with E-state index in [-0.39, 0.29) is 6.42 Å². The molecule has 1 unspecified atom stereocenters. The molecule has 0 aliphatic carbocycles. The fourth-order valence-electron chi connectivity index (χ4n) is 3.01. The van der Waals surface area contributed by atoms with Crippen molar-refractivity contribution in [1.82, 2.24) is 0 Å². The van der Waals surface area contributed by atoms with Crippen molar-refractivity contribution < 1.29 is 28.6 Å². The molecule has 0 radical (unpaired) electrons. The van der Waals surface area contributed by atoms with E-state index >= 15 is 0 Å². The summed E-state index contributed by atoms with van der Waals surface area (Å²) in [7, 11) is 0. The third-order valence-electron chi connectivity index (χ3n) is 4.05. The average Bonchev–Trinajstić information content (AvgIpc) is 2.79. The predicted molar refractivity (Wildman–Crippen MR) is 109 cm³/mol. The zero-order chi connectivity index (χ0) is 22.0. The molecular weight excluding hydrogens is 374 g/mol. The summed E-state index contributed by atoms with van der Waals surface area (Å²) in [6.07, 6.45) is 0.293. The molecule has 7 heteroatoms. The van der Waals surface area contributed by atoms with Crippen LogP contribution in [-0.2, 0) is 24.6 Å². The molecule has 1 atom stereocenters. The molecule has 0 aromatic heterocycles. The standard InChI is InChI=1S/C22H29NO6/c1-8-9-14-22(29-19(26)28-21(5,6)7)15-12-10-11-13-16(15)23(17(22)24)18(25)27-20(2,3)4/h8,10-13H,1,9,14H2,2-7H3. The second kappa shape index (κ2) is 7.89. The van der Waals surface area contributed by atoms with E-state index in [1.54, 1.807) is 71.9 Å². The van der Waals surface area contributed by atoms with Gasteiger partial charge >= 0.3 is 12.2 Å². The number of carbonyl (C=O) groups is 3. The first-order valence-corrected chi connectivity index (χ1v) is 9.51. The Bertz CT molecular complexity index is 817. The van der Waals surface area contributed by atoms with Crippen molar-refractivity contribution in [3.8, 4) is 0 Å². The number of allylic oxidation sites excluding steroid dienone is 1. The van der Waals surface area contributed by atoms with Gasteiger partial charge in [0.25, 0.3) is 5.91 Å². The summed E-state index contributed by atoms with van der Waals surface area (Å²) in [4.78, 5) is 39.7. The number of hydrogen-bond acceptors (Lipinski definition) is 6. The highest BCUT2D eigenvalue weighted by Crippen LogP contribution is 2.46. The van der Waals surface area contributed by atoms with Crippen LogP contribution >= 0.6 is 0 Å². The van der Waals surface area contributed by atoms with E-state index < -0.39 is 35.0 Å². The van der Waals surface area contributed by atoms with Crippen LogP contribution in [0, 0.1) is 0 Å². The fourth-order valence-corrected chi connectivity index (χ4v) is 3.01. The van der Waals surface area contributed by atoms with Crippen molar-refractivity contribution in [2.24, 2.45) is 0 Å². The second-order valence-corrected chi connectivity index (χ2v) is 8.86. The molecule has 7 nitrogen and oxygen atoms in total. The van der Waals surface area contributed by atoms with E-state index in [1.807, 2.05) is 0 Å². The average molecular weight is 403 g/mol. The number of imide groups is 1. The normalized spacial score (nSPS) is 18.8. The van der Waals surface area contributed by atoms with E-state index in [9.17, 15) is 14.4 Å². The van der Waals surface area contributed by atoms with Gasteiger partial charge in [-0.1, -0.05) is 24.3 Å². The van der Waals surface area contributed by atoms with E-state index in [2.05, 4.69) is 6.58 Å². The number of carbonyl (C=O) groups excluding carboxylic acids is 3. The van der Waals surface area contributed by atoms with E-state index in [0.717, 1.165) is 4.90 Å². The van der Waals surface area contributed by atoms with Crippen LogP contribution in [0.3, 0.4) is 0 Å². The molecule has 1 aliphatic heterocycles. The quantitative estimate of drug-likeness (QED) is 0.515. The minimum Gasteiger partial charge on any atom is -0.443 e. The summed E-state index contributed by atoms with van der Waals surface area (Å²) < 4.78 is 16.3. The van der Waals surface area contributed by atoms with Gasteiger partial charge in [0.1, 0.15) is 11.2 Å². The molecule has 0 bridgehead atoms. The van der Waals surface area contributed by atoms with Gasteiger partial charge in [-0.25, -0.2) is 14.5 Å². The van der Waals surface area contributed by atoms with E-state index in [1.165, 1.54) is 0 Å². The van der Waals surface area contributed by atoms with Gasteiger partial charge < -0.3 is 14.2 Å². The first-order chi connectivity index (χ1) is 13.3. The predicted octanol–water partition coefficient (Wildman–Crippen LogP) is 5.08. The Hall–Kier alpha value is -2.83. The van der Waals surface area contributed by atoms with Crippen molar-refractivity contribution in [3.05, 3.63) is 42.5 Å². The Kier molecular flexibility index (Phi) is 6.11. The van der Waals surface area contributed by atoms with Crippen LogP contribution in [0.25, 0.3) is 0 Å². The van der Waals surface area contributed by atoms with Gasteiger partial charge in [0.2, 0.25) is 5.60 Å². The number of anilines is 1. The highest BCUT2D eigenvalue weighted by atomic mass is 16.7. The third-order valence-corrected chi connectivity index (χ3v) is 4.05. The third kappa shape index (κ3) is 4.96. The summed E-state index contributed by atoms with van der Waals surface area (Å²) in [6, 6.07) is 6.68. The molecule has 2 amide bonds. The molecule has 0 saturated carbocycles. The number of para-hydroxylation sites is 1. The molecule has 0 spiro atoms. The Morgan fingerprint density at radius 1 is 1.07 bits per heavy atom. The molecule has 0 N–H and O–H groups in total. The van der Waals surface area contributed by atoms with Gasteiger partial charge in [0.15, 0.2) is 0 Å². The molecule has 29 heavy (non-hydrogen) atoms. The first kappa shape index (κ1) is 22.5. The van der Waals surface area contributed by atoms with Crippen LogP contribution in [0.4, 0.5) is 15.3 Å². The lowest BCUT2D eigenvalue weighted by Gasteiger charge is -2.30. The molecule has 1 aromatic carbocycles. The minimum atomic E-state index is -1.70.